The number of carbonyl (C=O) groups is 1. The van der Waals surface area contributed by atoms with E-state index < -0.39 is 6.43 Å². The number of likely N-dealkylation sites (N-methyl/N-ethyl adjacent to an activating group) is 1. The van der Waals surface area contributed by atoms with Crippen LogP contribution in [0.4, 0.5) is 8.78 Å². The number of hydrogen-bond acceptors (Lipinski definition) is 10. The number of hydrazone groups is 1. The molecular weight excluding hydrogens is 654 g/mol. The lowest BCUT2D eigenvalue weighted by molar-refractivity contribution is -0.109. The Labute approximate surface area is 304 Å². The maximum Gasteiger partial charge on any atom is 0.264 e. The van der Waals surface area contributed by atoms with Crippen molar-refractivity contribution in [2.24, 2.45) is 10.1 Å². The third-order valence-electron chi connectivity index (χ3n) is 8.64. The van der Waals surface area contributed by atoms with E-state index in [1.165, 1.54) is 0 Å². The van der Waals surface area contributed by atoms with Crippen LogP contribution in [0.2, 0.25) is 0 Å². The van der Waals surface area contributed by atoms with Gasteiger partial charge in [0.05, 0.1) is 18.8 Å². The molecule has 3 aliphatic rings. The highest BCUT2D eigenvalue weighted by Crippen LogP contribution is 2.36. The van der Waals surface area contributed by atoms with Gasteiger partial charge < -0.3 is 35.2 Å². The first kappa shape index (κ1) is 43.3. The summed E-state index contributed by atoms with van der Waals surface area (Å²) in [5.74, 6) is 0.937. The summed E-state index contributed by atoms with van der Waals surface area (Å²) in [5.41, 5.74) is 3.73. The number of carbonyl (C=O) groups excluding carboxylic acids is 1. The second kappa shape index (κ2) is 25.1. The molecule has 1 aromatic rings. The molecule has 0 spiro atoms. The molecule has 1 amide bonds. The average molecular weight is 715 g/mol. The van der Waals surface area contributed by atoms with Gasteiger partial charge in [0.25, 0.3) is 6.43 Å². The molecule has 3 N–H and O–H groups in total. The van der Waals surface area contributed by atoms with Crippen LogP contribution < -0.4 is 16.0 Å². The predicted octanol–water partition coefficient (Wildman–Crippen LogP) is 5.47. The summed E-state index contributed by atoms with van der Waals surface area (Å²) in [5, 5.41) is 15.3. The molecule has 3 heterocycles. The Morgan fingerprint density at radius 2 is 1.92 bits per heavy atom. The number of piperazine rings is 1. The number of rotatable bonds is 17. The van der Waals surface area contributed by atoms with Crippen molar-refractivity contribution in [2.75, 3.05) is 79.8 Å². The number of halogens is 2. The van der Waals surface area contributed by atoms with Gasteiger partial charge in [-0.3, -0.25) is 14.8 Å². The van der Waals surface area contributed by atoms with E-state index in [-0.39, 0.29) is 11.6 Å². The number of nitrogens with one attached hydrogen (secondary N) is 3. The van der Waals surface area contributed by atoms with Gasteiger partial charge in [-0.2, -0.15) is 5.10 Å². The van der Waals surface area contributed by atoms with Crippen molar-refractivity contribution in [3.05, 3.63) is 71.0 Å². The zero-order chi connectivity index (χ0) is 37.4. The highest BCUT2D eigenvalue weighted by atomic mass is 19.3. The summed E-state index contributed by atoms with van der Waals surface area (Å²) in [4.78, 5) is 19.3. The SMILES string of the molecule is C=N/C=C(\N1C=CC(c2ccc(/C(CC)=C(/CCNC=O)N(N=C)C3CCOCC3)cc2C(F)F)=CC1)N1CCNCC1.CC.CNCCOC. The first-order chi connectivity index (χ1) is 24.9. The van der Waals surface area contributed by atoms with E-state index in [4.69, 9.17) is 9.47 Å². The molecule has 0 aliphatic carbocycles. The van der Waals surface area contributed by atoms with Crippen LogP contribution in [0.1, 0.15) is 69.6 Å². The molecule has 0 bridgehead atoms. The molecule has 0 saturated carbocycles. The summed E-state index contributed by atoms with van der Waals surface area (Å²) < 4.78 is 39.5. The van der Waals surface area contributed by atoms with Gasteiger partial charge in [-0.25, -0.2) is 8.78 Å². The van der Waals surface area contributed by atoms with Crippen LogP contribution >= 0.6 is 0 Å². The first-order valence-corrected chi connectivity index (χ1v) is 18.0. The quantitative estimate of drug-likeness (QED) is 0.0845. The number of benzene rings is 1. The fourth-order valence-corrected chi connectivity index (χ4v) is 6.16. The van der Waals surface area contributed by atoms with E-state index in [1.807, 2.05) is 57.2 Å². The monoisotopic (exact) mass is 714 g/mol. The summed E-state index contributed by atoms with van der Waals surface area (Å²) in [7, 11) is 3.59. The van der Waals surface area contributed by atoms with Crippen molar-refractivity contribution < 1.29 is 23.0 Å². The number of aliphatic imine (C=N–C) groups is 1. The lowest BCUT2D eigenvalue weighted by Crippen LogP contribution is -2.46. The first-order valence-electron chi connectivity index (χ1n) is 18.0. The summed E-state index contributed by atoms with van der Waals surface area (Å²) >= 11 is 0. The molecule has 0 atom stereocenters. The van der Waals surface area contributed by atoms with Gasteiger partial charge in [-0.05, 0) is 67.4 Å². The Morgan fingerprint density at radius 3 is 2.45 bits per heavy atom. The normalized spacial score (nSPS) is 16.9. The molecule has 3 aliphatic heterocycles. The minimum absolute atomic E-state index is 0.0204. The zero-order valence-electron chi connectivity index (χ0n) is 31.3. The van der Waals surface area contributed by atoms with Crippen molar-refractivity contribution in [2.45, 2.75) is 58.9 Å². The Balaban J connectivity index is 0.00000102. The van der Waals surface area contributed by atoms with Gasteiger partial charge in [-0.15, -0.1) is 0 Å². The molecule has 1 aromatic carbocycles. The Kier molecular flexibility index (Phi) is 21.3. The molecule has 2 fully saturated rings. The Hall–Kier alpha value is -3.91. The van der Waals surface area contributed by atoms with Crippen molar-refractivity contribution in [1.29, 1.82) is 0 Å². The molecule has 0 radical (unpaired) electrons. The molecule has 13 heteroatoms. The fourth-order valence-electron chi connectivity index (χ4n) is 6.16. The topological polar surface area (TPSA) is 106 Å². The number of methoxy groups -OCH3 is 1. The van der Waals surface area contributed by atoms with Crippen LogP contribution in [0.25, 0.3) is 11.1 Å². The number of ether oxygens (including phenoxy) is 2. The van der Waals surface area contributed by atoms with E-state index in [9.17, 15) is 13.6 Å². The standard InChI is InChI=1S/C32H43F2N7O2.C4H11NO.C2H6/c1-4-27(30(7-12-38-23-42)41(36-3)26-10-19-43-20-11-26)25-5-6-28(29(21-25)32(33)34)24-8-15-39(16-9-24)31(22-35-2)40-17-13-37-14-18-40;1-5-3-4-6-2;1-2/h5-6,8-9,15,21-23,26,32,37H,2-4,7,10-14,16-20H2,1H3,(H,38,42);5H,3-4H2,1-2H3;1-2H3/b30-27-,31-22+;;. The molecule has 284 valence electrons. The Morgan fingerprint density at radius 1 is 1.20 bits per heavy atom. The number of hydrogen-bond donors (Lipinski definition) is 3. The van der Waals surface area contributed by atoms with Gasteiger partial charge in [0.1, 0.15) is 5.82 Å². The molecule has 11 nitrogen and oxygen atoms in total. The number of allylic oxidation sites excluding steroid dienone is 3. The highest BCUT2D eigenvalue weighted by molar-refractivity contribution is 5.79. The minimum Gasteiger partial charge on any atom is -0.383 e. The van der Waals surface area contributed by atoms with Crippen LogP contribution in [0, 0.1) is 0 Å². The van der Waals surface area contributed by atoms with E-state index in [0.29, 0.717) is 56.7 Å². The maximum absolute atomic E-state index is 14.6. The van der Waals surface area contributed by atoms with E-state index in [0.717, 1.165) is 74.8 Å². The second-order valence-corrected chi connectivity index (χ2v) is 11.7. The lowest BCUT2D eigenvalue weighted by atomic mass is 9.91. The van der Waals surface area contributed by atoms with E-state index >= 15 is 0 Å². The van der Waals surface area contributed by atoms with E-state index in [2.05, 4.69) is 49.3 Å². The van der Waals surface area contributed by atoms with Crippen molar-refractivity contribution in [1.82, 2.24) is 30.8 Å². The average Bonchev–Trinajstić information content (AvgIpc) is 3.18. The summed E-state index contributed by atoms with van der Waals surface area (Å²) in [6, 6.07) is 5.39. The van der Waals surface area contributed by atoms with Gasteiger partial charge in [-0.1, -0.05) is 39.0 Å². The lowest BCUT2D eigenvalue weighted by Gasteiger charge is -2.37. The van der Waals surface area contributed by atoms with Crippen LogP contribution in [0.5, 0.6) is 0 Å². The van der Waals surface area contributed by atoms with Gasteiger partial charge >= 0.3 is 0 Å². The minimum atomic E-state index is -2.66. The molecular formula is C38H60F2N8O3. The predicted molar refractivity (Wildman–Crippen MR) is 206 cm³/mol. The number of amides is 1. The van der Waals surface area contributed by atoms with Crippen LogP contribution in [0.3, 0.4) is 0 Å². The number of alkyl halides is 2. The summed E-state index contributed by atoms with van der Waals surface area (Å²) in [6.07, 6.45) is 8.20. The van der Waals surface area contributed by atoms with Crippen molar-refractivity contribution in [3.63, 3.8) is 0 Å². The Bertz CT molecular complexity index is 1320. The van der Waals surface area contributed by atoms with Gasteiger partial charge in [0.2, 0.25) is 6.41 Å². The van der Waals surface area contributed by atoms with Gasteiger partial charge in [0.15, 0.2) is 0 Å². The zero-order valence-corrected chi connectivity index (χ0v) is 31.3. The second-order valence-electron chi connectivity index (χ2n) is 11.7. The van der Waals surface area contributed by atoms with Crippen molar-refractivity contribution in [3.8, 4) is 0 Å². The molecule has 0 aromatic heterocycles. The van der Waals surface area contributed by atoms with E-state index in [1.54, 1.807) is 25.4 Å². The molecule has 0 unspecified atom stereocenters. The molecule has 4 rings (SSSR count). The largest absolute Gasteiger partial charge is 0.383 e. The van der Waals surface area contributed by atoms with Crippen LogP contribution in [-0.2, 0) is 14.3 Å². The molecule has 51 heavy (non-hydrogen) atoms. The third kappa shape index (κ3) is 13.3. The van der Waals surface area contributed by atoms with Crippen molar-refractivity contribution >= 4 is 31.0 Å². The summed E-state index contributed by atoms with van der Waals surface area (Å²) in [6.45, 7) is 20.9. The third-order valence-corrected chi connectivity index (χ3v) is 8.64. The fraction of sp³-hybridized carbons (Fsp3) is 0.553. The van der Waals surface area contributed by atoms with Crippen LogP contribution in [0.15, 0.2) is 64.4 Å². The van der Waals surface area contributed by atoms with Crippen LogP contribution in [-0.4, -0.2) is 120 Å². The molecule has 2 saturated heterocycles. The smallest absolute Gasteiger partial charge is 0.264 e. The number of nitrogens with zero attached hydrogens (tertiary/aromatic N) is 5. The highest BCUT2D eigenvalue weighted by Gasteiger charge is 2.26. The van der Waals surface area contributed by atoms with Gasteiger partial charge in [0, 0.05) is 96.7 Å². The maximum atomic E-state index is 14.6.